The summed E-state index contributed by atoms with van der Waals surface area (Å²) in [5.74, 6) is 0. The summed E-state index contributed by atoms with van der Waals surface area (Å²) in [5.41, 5.74) is 6.96. The number of aromatic amines is 1. The minimum atomic E-state index is -3.51. The molecule has 2 N–H and O–H groups in total. The predicted molar refractivity (Wildman–Crippen MR) is 105 cm³/mol. The van der Waals surface area contributed by atoms with Crippen molar-refractivity contribution in [3.63, 3.8) is 0 Å². The molecule has 1 aliphatic rings. The van der Waals surface area contributed by atoms with Crippen molar-refractivity contribution < 1.29 is 8.42 Å². The van der Waals surface area contributed by atoms with E-state index in [1.807, 2.05) is 26.0 Å². The number of benzene rings is 2. The first-order valence-electron chi connectivity index (χ1n) is 9.13. The average Bonchev–Trinajstić information content (AvgIpc) is 3.00. The lowest BCUT2D eigenvalue weighted by atomic mass is 9.95. The van der Waals surface area contributed by atoms with Gasteiger partial charge in [-0.05, 0) is 86.1 Å². The molecule has 5 heteroatoms. The van der Waals surface area contributed by atoms with Crippen LogP contribution in [-0.4, -0.2) is 13.4 Å². The SMILES string of the molecule is Cc1ccc(S(=O)(=O)NCc2ccc3[nH]c4c(c3c2)CCCC4)cc1C. The van der Waals surface area contributed by atoms with Crippen LogP contribution in [-0.2, 0) is 29.4 Å². The number of aromatic nitrogens is 1. The van der Waals surface area contributed by atoms with E-state index in [2.05, 4.69) is 21.8 Å². The highest BCUT2D eigenvalue weighted by atomic mass is 32.2. The quantitative estimate of drug-likeness (QED) is 0.727. The van der Waals surface area contributed by atoms with Crippen molar-refractivity contribution in [2.75, 3.05) is 0 Å². The van der Waals surface area contributed by atoms with E-state index < -0.39 is 10.0 Å². The third-order valence-corrected chi connectivity index (χ3v) is 6.82. The van der Waals surface area contributed by atoms with Crippen molar-refractivity contribution in [2.45, 2.75) is 51.0 Å². The monoisotopic (exact) mass is 368 g/mol. The molecule has 0 saturated carbocycles. The van der Waals surface area contributed by atoms with Crippen LogP contribution in [0.4, 0.5) is 0 Å². The predicted octanol–water partition coefficient (Wildman–Crippen LogP) is 4.14. The van der Waals surface area contributed by atoms with Crippen LogP contribution in [0.3, 0.4) is 0 Å². The molecule has 136 valence electrons. The lowest BCUT2D eigenvalue weighted by molar-refractivity contribution is 0.581. The second kappa shape index (κ2) is 6.56. The van der Waals surface area contributed by atoms with Crippen molar-refractivity contribution in [3.05, 3.63) is 64.3 Å². The van der Waals surface area contributed by atoms with E-state index in [1.54, 1.807) is 12.1 Å². The molecule has 1 aliphatic carbocycles. The van der Waals surface area contributed by atoms with E-state index in [9.17, 15) is 8.42 Å². The topological polar surface area (TPSA) is 62.0 Å². The zero-order valence-corrected chi connectivity index (χ0v) is 16.0. The summed E-state index contributed by atoms with van der Waals surface area (Å²) < 4.78 is 27.9. The molecule has 0 bridgehead atoms. The summed E-state index contributed by atoms with van der Waals surface area (Å²) in [7, 11) is -3.51. The molecule has 4 rings (SSSR count). The van der Waals surface area contributed by atoms with Gasteiger partial charge in [0.05, 0.1) is 4.90 Å². The number of rotatable bonds is 4. The fourth-order valence-corrected chi connectivity index (χ4v) is 4.81. The maximum absolute atomic E-state index is 12.6. The Hall–Kier alpha value is -2.11. The van der Waals surface area contributed by atoms with Crippen molar-refractivity contribution >= 4 is 20.9 Å². The van der Waals surface area contributed by atoms with Gasteiger partial charge in [0.2, 0.25) is 10.0 Å². The summed E-state index contributed by atoms with van der Waals surface area (Å²) in [4.78, 5) is 3.83. The second-order valence-corrected chi connectivity index (χ2v) is 9.01. The standard InChI is InChI=1S/C21H24N2O2S/c1-14-7-9-17(11-15(14)2)26(24,25)22-13-16-8-10-21-19(12-16)18-5-3-4-6-20(18)23-21/h7-12,22-23H,3-6,13H2,1-2H3. The van der Waals surface area contributed by atoms with Gasteiger partial charge in [-0.25, -0.2) is 13.1 Å². The van der Waals surface area contributed by atoms with Gasteiger partial charge < -0.3 is 4.98 Å². The molecule has 3 aromatic rings. The van der Waals surface area contributed by atoms with Crippen LogP contribution < -0.4 is 4.72 Å². The van der Waals surface area contributed by atoms with Crippen LogP contribution in [0.2, 0.25) is 0 Å². The second-order valence-electron chi connectivity index (χ2n) is 7.24. The first-order valence-corrected chi connectivity index (χ1v) is 10.6. The van der Waals surface area contributed by atoms with Crippen LogP contribution in [0.15, 0.2) is 41.3 Å². The summed E-state index contributed by atoms with van der Waals surface area (Å²) in [6.45, 7) is 4.20. The van der Waals surface area contributed by atoms with Crippen LogP contribution in [0.25, 0.3) is 10.9 Å². The number of hydrogen-bond acceptors (Lipinski definition) is 2. The highest BCUT2D eigenvalue weighted by Gasteiger charge is 2.17. The van der Waals surface area contributed by atoms with E-state index >= 15 is 0 Å². The highest BCUT2D eigenvalue weighted by Crippen LogP contribution is 2.29. The Morgan fingerprint density at radius 1 is 1.00 bits per heavy atom. The van der Waals surface area contributed by atoms with Gasteiger partial charge in [0.25, 0.3) is 0 Å². The molecular weight excluding hydrogens is 344 g/mol. The lowest BCUT2D eigenvalue weighted by Gasteiger charge is -2.11. The maximum atomic E-state index is 12.6. The molecule has 0 amide bonds. The van der Waals surface area contributed by atoms with Crippen LogP contribution >= 0.6 is 0 Å². The van der Waals surface area contributed by atoms with Crippen molar-refractivity contribution in [1.29, 1.82) is 0 Å². The van der Waals surface area contributed by atoms with Gasteiger partial charge in [0.1, 0.15) is 0 Å². The first kappa shape index (κ1) is 17.3. The van der Waals surface area contributed by atoms with Gasteiger partial charge in [0, 0.05) is 23.1 Å². The van der Waals surface area contributed by atoms with E-state index in [0.29, 0.717) is 11.4 Å². The summed E-state index contributed by atoms with van der Waals surface area (Å²) in [5, 5.41) is 1.24. The summed E-state index contributed by atoms with van der Waals surface area (Å²) in [6, 6.07) is 11.4. The minimum Gasteiger partial charge on any atom is -0.358 e. The van der Waals surface area contributed by atoms with Gasteiger partial charge in [-0.2, -0.15) is 0 Å². The summed E-state index contributed by atoms with van der Waals surface area (Å²) >= 11 is 0. The van der Waals surface area contributed by atoms with E-state index in [1.165, 1.54) is 29.5 Å². The largest absolute Gasteiger partial charge is 0.358 e. The number of hydrogen-bond donors (Lipinski definition) is 2. The van der Waals surface area contributed by atoms with Crippen molar-refractivity contribution in [1.82, 2.24) is 9.71 Å². The van der Waals surface area contributed by atoms with E-state index in [4.69, 9.17) is 0 Å². The Balaban J connectivity index is 1.58. The van der Waals surface area contributed by atoms with Gasteiger partial charge in [-0.3, -0.25) is 0 Å². The number of sulfonamides is 1. The van der Waals surface area contributed by atoms with E-state index in [0.717, 1.165) is 35.0 Å². The van der Waals surface area contributed by atoms with Crippen LogP contribution in [0, 0.1) is 13.8 Å². The fourth-order valence-electron chi connectivity index (χ4n) is 3.71. The third kappa shape index (κ3) is 3.17. The zero-order valence-electron chi connectivity index (χ0n) is 15.2. The van der Waals surface area contributed by atoms with E-state index in [-0.39, 0.29) is 0 Å². The van der Waals surface area contributed by atoms with Crippen molar-refractivity contribution in [3.8, 4) is 0 Å². The molecule has 2 aromatic carbocycles. The Labute approximate surface area is 154 Å². The zero-order chi connectivity index (χ0) is 18.3. The number of aryl methyl sites for hydroxylation is 4. The Kier molecular flexibility index (Phi) is 4.37. The van der Waals surface area contributed by atoms with Gasteiger partial charge in [-0.1, -0.05) is 12.1 Å². The highest BCUT2D eigenvalue weighted by molar-refractivity contribution is 7.89. The molecule has 0 radical (unpaired) electrons. The maximum Gasteiger partial charge on any atom is 0.240 e. The van der Waals surface area contributed by atoms with Crippen molar-refractivity contribution in [2.24, 2.45) is 0 Å². The molecule has 0 fully saturated rings. The number of H-pyrrole nitrogens is 1. The Morgan fingerprint density at radius 3 is 2.62 bits per heavy atom. The molecule has 0 aliphatic heterocycles. The first-order chi connectivity index (χ1) is 12.4. The average molecular weight is 369 g/mol. The van der Waals surface area contributed by atoms with Gasteiger partial charge >= 0.3 is 0 Å². The summed E-state index contributed by atoms with van der Waals surface area (Å²) in [6.07, 6.45) is 4.68. The number of nitrogens with one attached hydrogen (secondary N) is 2. The molecule has 0 unspecified atom stereocenters. The minimum absolute atomic E-state index is 0.297. The molecule has 1 heterocycles. The molecule has 0 saturated heterocycles. The van der Waals surface area contributed by atoms with Crippen LogP contribution in [0.5, 0.6) is 0 Å². The normalized spacial score (nSPS) is 14.5. The van der Waals surface area contributed by atoms with Crippen LogP contribution in [0.1, 0.15) is 40.8 Å². The molecule has 0 atom stereocenters. The fraction of sp³-hybridized carbons (Fsp3) is 0.333. The lowest BCUT2D eigenvalue weighted by Crippen LogP contribution is -2.23. The molecule has 4 nitrogen and oxygen atoms in total. The van der Waals surface area contributed by atoms with Gasteiger partial charge in [-0.15, -0.1) is 0 Å². The molecule has 1 aromatic heterocycles. The Morgan fingerprint density at radius 2 is 1.81 bits per heavy atom. The molecule has 26 heavy (non-hydrogen) atoms. The molecule has 0 spiro atoms. The number of fused-ring (bicyclic) bond motifs is 3. The molecular formula is C21H24N2O2S. The Bertz CT molecular complexity index is 1080. The smallest absolute Gasteiger partial charge is 0.240 e. The third-order valence-electron chi connectivity index (χ3n) is 5.42. The van der Waals surface area contributed by atoms with Gasteiger partial charge in [0.15, 0.2) is 0 Å².